The van der Waals surface area contributed by atoms with Gasteiger partial charge in [-0.05, 0) is 24.6 Å². The van der Waals surface area contributed by atoms with E-state index in [0.29, 0.717) is 5.69 Å². The number of anilines is 1. The molecule has 0 saturated carbocycles. The van der Waals surface area contributed by atoms with Crippen LogP contribution in [0.25, 0.3) is 0 Å². The van der Waals surface area contributed by atoms with Gasteiger partial charge < -0.3 is 10.0 Å². The molecule has 0 fully saturated rings. The van der Waals surface area contributed by atoms with Crippen LogP contribution in [0.2, 0.25) is 0 Å². The molecule has 0 aliphatic rings. The van der Waals surface area contributed by atoms with Gasteiger partial charge in [-0.15, -0.1) is 0 Å². The molecule has 1 aromatic rings. The molecule has 0 unspecified atom stereocenters. The van der Waals surface area contributed by atoms with Crippen LogP contribution in [0.15, 0.2) is 18.2 Å². The van der Waals surface area contributed by atoms with Crippen LogP contribution in [0.1, 0.15) is 15.9 Å². The van der Waals surface area contributed by atoms with Gasteiger partial charge in [0.15, 0.2) is 0 Å². The lowest BCUT2D eigenvalue weighted by molar-refractivity contribution is 0.0697. The van der Waals surface area contributed by atoms with E-state index in [1.165, 1.54) is 11.0 Å². The van der Waals surface area contributed by atoms with Crippen LogP contribution in [0.3, 0.4) is 0 Å². The zero-order valence-corrected chi connectivity index (χ0v) is 9.34. The Hall–Kier alpha value is -2.53. The van der Waals surface area contributed by atoms with Gasteiger partial charge in [-0.3, -0.25) is 0 Å². The van der Waals surface area contributed by atoms with Crippen molar-refractivity contribution in [2.24, 2.45) is 0 Å². The fourth-order valence-corrected chi connectivity index (χ4v) is 1.48. The van der Waals surface area contributed by atoms with Gasteiger partial charge in [0, 0.05) is 0 Å². The summed E-state index contributed by atoms with van der Waals surface area (Å²) in [4.78, 5) is 12.5. The van der Waals surface area contributed by atoms with E-state index in [1.807, 2.05) is 19.1 Å². The van der Waals surface area contributed by atoms with E-state index in [2.05, 4.69) is 0 Å². The zero-order chi connectivity index (χ0) is 12.8. The molecular weight excluding hydrogens is 218 g/mol. The fourth-order valence-electron chi connectivity index (χ4n) is 1.48. The van der Waals surface area contributed by atoms with Crippen LogP contribution in [0.5, 0.6) is 0 Å². The third-order valence-electron chi connectivity index (χ3n) is 2.25. The zero-order valence-electron chi connectivity index (χ0n) is 9.34. The second kappa shape index (κ2) is 5.53. The molecule has 5 heteroatoms. The van der Waals surface area contributed by atoms with E-state index >= 15 is 0 Å². The number of benzene rings is 1. The molecule has 86 valence electrons. The summed E-state index contributed by atoms with van der Waals surface area (Å²) in [6.45, 7) is 1.79. The highest BCUT2D eigenvalue weighted by molar-refractivity contribution is 5.94. The van der Waals surface area contributed by atoms with Gasteiger partial charge in [-0.2, -0.15) is 10.5 Å². The van der Waals surface area contributed by atoms with Gasteiger partial charge in [0.25, 0.3) is 0 Å². The molecule has 1 rings (SSSR count). The number of nitrogens with zero attached hydrogens (tertiary/aromatic N) is 3. The summed E-state index contributed by atoms with van der Waals surface area (Å²) in [7, 11) is 0. The first-order valence-corrected chi connectivity index (χ1v) is 4.93. The molecule has 0 radical (unpaired) electrons. The van der Waals surface area contributed by atoms with Crippen LogP contribution >= 0.6 is 0 Å². The Morgan fingerprint density at radius 3 is 2.41 bits per heavy atom. The van der Waals surface area contributed by atoms with Crippen molar-refractivity contribution in [2.45, 2.75) is 6.92 Å². The van der Waals surface area contributed by atoms with Crippen molar-refractivity contribution in [3.63, 3.8) is 0 Å². The Morgan fingerprint density at radius 1 is 1.35 bits per heavy atom. The van der Waals surface area contributed by atoms with Gasteiger partial charge in [0.1, 0.15) is 13.1 Å². The van der Waals surface area contributed by atoms with Crippen molar-refractivity contribution in [1.29, 1.82) is 10.5 Å². The Balaban J connectivity index is 3.25. The highest BCUT2D eigenvalue weighted by atomic mass is 16.4. The van der Waals surface area contributed by atoms with Crippen LogP contribution in [0.4, 0.5) is 5.69 Å². The average molecular weight is 229 g/mol. The number of hydrogen-bond donors (Lipinski definition) is 1. The largest absolute Gasteiger partial charge is 0.478 e. The maximum Gasteiger partial charge on any atom is 0.337 e. The maximum atomic E-state index is 11.1. The predicted octanol–water partition coefficient (Wildman–Crippen LogP) is 1.55. The summed E-state index contributed by atoms with van der Waals surface area (Å²) in [6, 6.07) is 8.67. The minimum atomic E-state index is -1.07. The van der Waals surface area contributed by atoms with Gasteiger partial charge in [0.05, 0.1) is 23.4 Å². The minimum absolute atomic E-state index is 0.0166. The van der Waals surface area contributed by atoms with E-state index in [0.717, 1.165) is 5.56 Å². The van der Waals surface area contributed by atoms with E-state index in [4.69, 9.17) is 15.6 Å². The lowest BCUT2D eigenvalue weighted by atomic mass is 10.1. The molecule has 17 heavy (non-hydrogen) atoms. The smallest absolute Gasteiger partial charge is 0.337 e. The highest BCUT2D eigenvalue weighted by Crippen LogP contribution is 2.22. The fraction of sp³-hybridized carbons (Fsp3) is 0.250. The van der Waals surface area contributed by atoms with E-state index < -0.39 is 5.97 Å². The lowest BCUT2D eigenvalue weighted by Gasteiger charge is -2.20. The summed E-state index contributed by atoms with van der Waals surface area (Å²) < 4.78 is 0. The van der Waals surface area contributed by atoms with Gasteiger partial charge in [-0.25, -0.2) is 4.79 Å². The van der Waals surface area contributed by atoms with Crippen LogP contribution in [0, 0.1) is 29.6 Å². The first-order chi connectivity index (χ1) is 8.10. The molecule has 0 amide bonds. The van der Waals surface area contributed by atoms with Gasteiger partial charge >= 0.3 is 5.97 Å². The van der Waals surface area contributed by atoms with Crippen LogP contribution in [-0.4, -0.2) is 24.2 Å². The van der Waals surface area contributed by atoms with Gasteiger partial charge in [0.2, 0.25) is 0 Å². The normalized spacial score (nSPS) is 9.12. The Morgan fingerprint density at radius 2 is 1.94 bits per heavy atom. The lowest BCUT2D eigenvalue weighted by Crippen LogP contribution is -2.26. The van der Waals surface area contributed by atoms with Crippen molar-refractivity contribution < 1.29 is 9.90 Å². The SMILES string of the molecule is Cc1ccc(C(=O)O)c(N(CC#N)CC#N)c1. The topological polar surface area (TPSA) is 88.1 Å². The number of aryl methyl sites for hydroxylation is 1. The summed E-state index contributed by atoms with van der Waals surface area (Å²) >= 11 is 0. The summed E-state index contributed by atoms with van der Waals surface area (Å²) in [6.07, 6.45) is 0. The molecule has 1 aromatic carbocycles. The monoisotopic (exact) mass is 229 g/mol. The second-order valence-electron chi connectivity index (χ2n) is 3.50. The first-order valence-electron chi connectivity index (χ1n) is 4.93. The minimum Gasteiger partial charge on any atom is -0.478 e. The quantitative estimate of drug-likeness (QED) is 0.791. The Labute approximate surface area is 99.1 Å². The van der Waals surface area contributed by atoms with Crippen molar-refractivity contribution in [2.75, 3.05) is 18.0 Å². The molecule has 1 N–H and O–H groups in total. The first kappa shape index (κ1) is 12.5. The molecule has 0 aliphatic heterocycles. The van der Waals surface area contributed by atoms with Crippen molar-refractivity contribution in [3.8, 4) is 12.1 Å². The number of rotatable bonds is 4. The highest BCUT2D eigenvalue weighted by Gasteiger charge is 2.15. The van der Waals surface area contributed by atoms with Crippen molar-refractivity contribution in [3.05, 3.63) is 29.3 Å². The van der Waals surface area contributed by atoms with Crippen LogP contribution in [-0.2, 0) is 0 Å². The molecule has 0 bridgehead atoms. The number of carbonyl (C=O) groups is 1. The number of carboxylic acid groups (broad SMARTS) is 1. The van der Waals surface area contributed by atoms with E-state index in [9.17, 15) is 4.79 Å². The molecule has 0 saturated heterocycles. The van der Waals surface area contributed by atoms with Gasteiger partial charge in [-0.1, -0.05) is 6.07 Å². The molecule has 0 aliphatic carbocycles. The Bertz CT molecular complexity index is 495. The number of hydrogen-bond acceptors (Lipinski definition) is 4. The molecule has 0 heterocycles. The van der Waals surface area contributed by atoms with Crippen molar-refractivity contribution >= 4 is 11.7 Å². The summed E-state index contributed by atoms with van der Waals surface area (Å²) in [5.74, 6) is -1.07. The molecule has 0 spiro atoms. The maximum absolute atomic E-state index is 11.1. The summed E-state index contributed by atoms with van der Waals surface area (Å²) in [5, 5.41) is 26.4. The molecule has 5 nitrogen and oxygen atoms in total. The third-order valence-corrected chi connectivity index (χ3v) is 2.25. The van der Waals surface area contributed by atoms with Crippen LogP contribution < -0.4 is 4.90 Å². The molecular formula is C12H11N3O2. The molecule has 0 atom stereocenters. The number of nitriles is 2. The van der Waals surface area contributed by atoms with E-state index in [1.54, 1.807) is 12.1 Å². The van der Waals surface area contributed by atoms with Crippen molar-refractivity contribution in [1.82, 2.24) is 0 Å². The number of aromatic carboxylic acids is 1. The number of carboxylic acids is 1. The Kier molecular flexibility index (Phi) is 4.08. The van der Waals surface area contributed by atoms with E-state index in [-0.39, 0.29) is 18.7 Å². The third kappa shape index (κ3) is 2.96. The average Bonchev–Trinajstić information content (AvgIpc) is 2.28. The molecule has 0 aromatic heterocycles. The standard InChI is InChI=1S/C12H11N3O2/c1-9-2-3-10(12(16)17)11(8-9)15(6-4-13)7-5-14/h2-3,8H,6-7H2,1H3,(H,16,17). The summed E-state index contributed by atoms with van der Waals surface area (Å²) in [5.41, 5.74) is 1.38. The predicted molar refractivity (Wildman–Crippen MR) is 61.6 cm³/mol. The second-order valence-corrected chi connectivity index (χ2v) is 3.50.